The van der Waals surface area contributed by atoms with Gasteiger partial charge in [0.15, 0.2) is 0 Å². The largest absolute Gasteiger partial charge is 0.492 e. The first-order chi connectivity index (χ1) is 12.3. The van der Waals surface area contributed by atoms with E-state index in [9.17, 15) is 19.7 Å². The normalized spacial score (nSPS) is 11.1. The molecule has 142 valence electrons. The Kier molecular flexibility index (Phi) is 8.87. The van der Waals surface area contributed by atoms with Crippen LogP contribution in [-0.2, 0) is 9.59 Å². The number of ether oxygens (including phenoxy) is 1. The highest BCUT2D eigenvalue weighted by atomic mass is 35.5. The second kappa shape index (κ2) is 10.6. The Morgan fingerprint density at radius 1 is 1.35 bits per heavy atom. The van der Waals surface area contributed by atoms with Gasteiger partial charge in [-0.15, -0.1) is 0 Å². The van der Waals surface area contributed by atoms with Crippen LogP contribution in [0.2, 0.25) is 10.0 Å². The van der Waals surface area contributed by atoms with E-state index in [-0.39, 0.29) is 35.2 Å². The molecule has 1 amide bonds. The predicted octanol–water partition coefficient (Wildman–Crippen LogP) is 3.38. The molecule has 0 radical (unpaired) electrons. The van der Waals surface area contributed by atoms with Crippen molar-refractivity contribution in [2.75, 3.05) is 13.2 Å². The van der Waals surface area contributed by atoms with E-state index in [1.165, 1.54) is 12.1 Å². The Morgan fingerprint density at radius 3 is 2.62 bits per heavy atom. The van der Waals surface area contributed by atoms with Crippen molar-refractivity contribution in [3.05, 3.63) is 43.6 Å². The standard InChI is InChI=1S/C16H18Cl2N2O6/c1-2-11(20(24)25)8-10-5-6-12(16(18)15(10)17)26-7-3-4-13(21)19-9-14(22)23/h5-6,8H,2-4,7,9H2,1H3,(H,19,21)(H,22,23). The van der Waals surface area contributed by atoms with Gasteiger partial charge in [-0.1, -0.05) is 30.1 Å². The van der Waals surface area contributed by atoms with Gasteiger partial charge in [-0.3, -0.25) is 19.7 Å². The number of rotatable bonds is 10. The highest BCUT2D eigenvalue weighted by Crippen LogP contribution is 2.36. The lowest BCUT2D eigenvalue weighted by atomic mass is 10.1. The Bertz CT molecular complexity index is 721. The number of aliphatic carboxylic acids is 1. The topological polar surface area (TPSA) is 119 Å². The highest BCUT2D eigenvalue weighted by molar-refractivity contribution is 6.43. The molecule has 0 aromatic heterocycles. The SMILES string of the molecule is CCC(=Cc1ccc(OCCCC(=O)NCC(=O)O)c(Cl)c1Cl)[N+](=O)[O-]. The fraction of sp³-hybridized carbons (Fsp3) is 0.375. The van der Waals surface area contributed by atoms with Gasteiger partial charge in [0, 0.05) is 24.5 Å². The summed E-state index contributed by atoms with van der Waals surface area (Å²) >= 11 is 12.3. The van der Waals surface area contributed by atoms with Crippen molar-refractivity contribution in [1.29, 1.82) is 0 Å². The van der Waals surface area contributed by atoms with E-state index in [0.29, 0.717) is 17.7 Å². The van der Waals surface area contributed by atoms with Gasteiger partial charge in [0.2, 0.25) is 11.6 Å². The minimum absolute atomic E-state index is 0.00371. The number of nitrogens with zero attached hydrogens (tertiary/aromatic N) is 1. The number of carboxylic acids is 1. The van der Waals surface area contributed by atoms with Gasteiger partial charge in [0.25, 0.3) is 0 Å². The van der Waals surface area contributed by atoms with Crippen LogP contribution in [0.1, 0.15) is 31.7 Å². The van der Waals surface area contributed by atoms with Crippen LogP contribution < -0.4 is 10.1 Å². The summed E-state index contributed by atoms with van der Waals surface area (Å²) in [7, 11) is 0. The molecule has 0 unspecified atom stereocenters. The maximum absolute atomic E-state index is 11.4. The second-order valence-corrected chi connectivity index (χ2v) is 5.91. The third-order valence-electron chi connectivity index (χ3n) is 3.24. The van der Waals surface area contributed by atoms with Crippen LogP contribution in [-0.4, -0.2) is 35.1 Å². The van der Waals surface area contributed by atoms with Crippen LogP contribution in [0.4, 0.5) is 0 Å². The Balaban J connectivity index is 2.65. The summed E-state index contributed by atoms with van der Waals surface area (Å²) in [4.78, 5) is 32.1. The molecule has 0 fully saturated rings. The van der Waals surface area contributed by atoms with Gasteiger partial charge >= 0.3 is 5.97 Å². The zero-order chi connectivity index (χ0) is 19.7. The fourth-order valence-electron chi connectivity index (χ4n) is 1.91. The number of halogens is 2. The van der Waals surface area contributed by atoms with E-state index in [0.717, 1.165) is 0 Å². The van der Waals surface area contributed by atoms with E-state index in [1.807, 2.05) is 0 Å². The molecule has 1 rings (SSSR count). The van der Waals surface area contributed by atoms with Crippen LogP contribution in [0.25, 0.3) is 6.08 Å². The van der Waals surface area contributed by atoms with Gasteiger partial charge < -0.3 is 15.2 Å². The number of benzene rings is 1. The zero-order valence-electron chi connectivity index (χ0n) is 14.0. The average molecular weight is 405 g/mol. The molecule has 1 aromatic rings. The van der Waals surface area contributed by atoms with Gasteiger partial charge in [-0.2, -0.15) is 0 Å². The van der Waals surface area contributed by atoms with Crippen molar-refractivity contribution in [1.82, 2.24) is 5.32 Å². The summed E-state index contributed by atoms with van der Waals surface area (Å²) < 4.78 is 5.46. The lowest BCUT2D eigenvalue weighted by Gasteiger charge is -2.10. The number of amides is 1. The number of carboxylic acid groups (broad SMARTS) is 1. The van der Waals surface area contributed by atoms with Crippen molar-refractivity contribution in [2.24, 2.45) is 0 Å². The van der Waals surface area contributed by atoms with Crippen LogP contribution in [0.3, 0.4) is 0 Å². The molecule has 0 bridgehead atoms. The van der Waals surface area contributed by atoms with E-state index in [2.05, 4.69) is 5.32 Å². The van der Waals surface area contributed by atoms with Crippen LogP contribution >= 0.6 is 23.2 Å². The molecule has 2 N–H and O–H groups in total. The van der Waals surface area contributed by atoms with Crippen LogP contribution in [0.5, 0.6) is 5.75 Å². The molecule has 1 aromatic carbocycles. The van der Waals surface area contributed by atoms with Crippen LogP contribution in [0, 0.1) is 10.1 Å². The fourth-order valence-corrected chi connectivity index (χ4v) is 2.35. The molecular formula is C16H18Cl2N2O6. The van der Waals surface area contributed by atoms with Crippen molar-refractivity contribution in [3.8, 4) is 5.75 Å². The molecule has 0 aliphatic carbocycles. The number of nitrogens with one attached hydrogen (secondary N) is 1. The lowest BCUT2D eigenvalue weighted by Crippen LogP contribution is -2.29. The zero-order valence-corrected chi connectivity index (χ0v) is 15.5. The maximum Gasteiger partial charge on any atom is 0.322 e. The van der Waals surface area contributed by atoms with E-state index < -0.39 is 23.3 Å². The number of hydrogen-bond donors (Lipinski definition) is 2. The molecule has 0 saturated carbocycles. The van der Waals surface area contributed by atoms with Gasteiger partial charge in [-0.05, 0) is 18.6 Å². The number of allylic oxidation sites excluding steroid dienone is 1. The highest BCUT2D eigenvalue weighted by Gasteiger charge is 2.14. The number of carbonyl (C=O) groups excluding carboxylic acids is 1. The summed E-state index contributed by atoms with van der Waals surface area (Å²) in [6.45, 7) is 1.40. The van der Waals surface area contributed by atoms with E-state index in [1.54, 1.807) is 13.0 Å². The molecule has 0 aliphatic heterocycles. The summed E-state index contributed by atoms with van der Waals surface area (Å²) in [6.07, 6.45) is 2.04. The lowest BCUT2D eigenvalue weighted by molar-refractivity contribution is -0.425. The quantitative estimate of drug-likeness (QED) is 0.350. The molecule has 8 nitrogen and oxygen atoms in total. The van der Waals surface area contributed by atoms with E-state index >= 15 is 0 Å². The van der Waals surface area contributed by atoms with Gasteiger partial charge in [0.05, 0.1) is 16.6 Å². The van der Waals surface area contributed by atoms with Crippen molar-refractivity contribution < 1.29 is 24.4 Å². The maximum atomic E-state index is 11.4. The third kappa shape index (κ3) is 6.89. The summed E-state index contributed by atoms with van der Waals surface area (Å²) in [5.41, 5.74) is 0.412. The molecule has 10 heteroatoms. The van der Waals surface area contributed by atoms with Gasteiger partial charge in [-0.25, -0.2) is 0 Å². The first kappa shape index (κ1) is 21.7. The first-order valence-electron chi connectivity index (χ1n) is 7.70. The summed E-state index contributed by atoms with van der Waals surface area (Å²) in [5.74, 6) is -1.22. The molecule has 0 spiro atoms. The smallest absolute Gasteiger partial charge is 0.322 e. The molecule has 26 heavy (non-hydrogen) atoms. The number of carbonyl (C=O) groups is 2. The Morgan fingerprint density at radius 2 is 2.04 bits per heavy atom. The second-order valence-electron chi connectivity index (χ2n) is 5.15. The summed E-state index contributed by atoms with van der Waals surface area (Å²) in [5, 5.41) is 21.8. The molecular weight excluding hydrogens is 387 g/mol. The first-order valence-corrected chi connectivity index (χ1v) is 8.46. The minimum Gasteiger partial charge on any atom is -0.492 e. The van der Waals surface area contributed by atoms with Crippen molar-refractivity contribution >= 4 is 41.2 Å². The van der Waals surface area contributed by atoms with Crippen LogP contribution in [0.15, 0.2) is 17.8 Å². The Labute approximate surface area is 159 Å². The monoisotopic (exact) mass is 404 g/mol. The molecule has 0 atom stereocenters. The average Bonchev–Trinajstić information content (AvgIpc) is 2.59. The number of nitro groups is 1. The van der Waals surface area contributed by atoms with Crippen molar-refractivity contribution in [3.63, 3.8) is 0 Å². The summed E-state index contributed by atoms with van der Waals surface area (Å²) in [6, 6.07) is 3.10. The Hall–Kier alpha value is -2.32. The minimum atomic E-state index is -1.12. The third-order valence-corrected chi connectivity index (χ3v) is 4.12. The van der Waals surface area contributed by atoms with Gasteiger partial charge in [0.1, 0.15) is 17.3 Å². The number of hydrogen-bond acceptors (Lipinski definition) is 5. The molecule has 0 heterocycles. The van der Waals surface area contributed by atoms with E-state index in [4.69, 9.17) is 33.0 Å². The predicted molar refractivity (Wildman–Crippen MR) is 97.1 cm³/mol. The molecule has 0 aliphatic rings. The van der Waals surface area contributed by atoms with Crippen molar-refractivity contribution in [2.45, 2.75) is 26.2 Å². The molecule has 0 saturated heterocycles.